The number of nitrogens with one attached hydrogen (secondary N) is 1. The van der Waals surface area contributed by atoms with Crippen molar-refractivity contribution in [3.8, 4) is 0 Å². The molecule has 1 unspecified atom stereocenters. The molecule has 0 fully saturated rings. The molecule has 1 rings (SSSR count). The number of rotatable bonds is 4. The van der Waals surface area contributed by atoms with Crippen LogP contribution < -0.4 is 15.7 Å². The third-order valence-corrected chi connectivity index (χ3v) is 2.84. The van der Waals surface area contributed by atoms with Crippen molar-refractivity contribution in [2.45, 2.75) is 19.4 Å². The molecule has 0 bridgehead atoms. The topological polar surface area (TPSA) is 54.3 Å². The maximum absolute atomic E-state index is 11.5. The molecule has 82 valence electrons. The molecule has 1 heterocycles. The number of pyridine rings is 1. The van der Waals surface area contributed by atoms with Gasteiger partial charge in [-0.15, -0.1) is 0 Å². The van der Waals surface area contributed by atoms with E-state index in [2.05, 4.69) is 4.72 Å². The van der Waals surface area contributed by atoms with Crippen molar-refractivity contribution in [3.05, 3.63) is 28.2 Å². The summed E-state index contributed by atoms with van der Waals surface area (Å²) in [6.07, 6.45) is 2.63. The van der Waals surface area contributed by atoms with E-state index in [1.807, 2.05) is 21.0 Å². The van der Waals surface area contributed by atoms with E-state index in [0.29, 0.717) is 12.2 Å². The molecule has 0 saturated carbocycles. The van der Waals surface area contributed by atoms with E-state index in [1.165, 1.54) is 0 Å². The average Bonchev–Trinajstić information content (AvgIpc) is 2.20. The second-order valence-corrected chi connectivity index (χ2v) is 3.95. The highest BCUT2D eigenvalue weighted by Gasteiger charge is 2.12. The fourth-order valence-electron chi connectivity index (χ4n) is 1.58. The van der Waals surface area contributed by atoms with Crippen LogP contribution >= 0.6 is 12.2 Å². The van der Waals surface area contributed by atoms with Gasteiger partial charge in [-0.2, -0.15) is 0 Å². The quantitative estimate of drug-likeness (QED) is 0.424. The van der Waals surface area contributed by atoms with Crippen molar-refractivity contribution >= 4 is 25.5 Å². The van der Waals surface area contributed by atoms with Crippen LogP contribution in [0.2, 0.25) is 0 Å². The number of hydrogen-bond donors (Lipinski definition) is 2. The summed E-state index contributed by atoms with van der Waals surface area (Å²) in [6.45, 7) is 2.00. The summed E-state index contributed by atoms with van der Waals surface area (Å²) in [7, 11) is 3.69. The number of aromatic nitrogens is 1. The van der Waals surface area contributed by atoms with Crippen molar-refractivity contribution in [2.75, 3.05) is 0 Å². The molecule has 0 saturated heterocycles. The van der Waals surface area contributed by atoms with E-state index in [-0.39, 0.29) is 11.6 Å². The van der Waals surface area contributed by atoms with Gasteiger partial charge in [0.25, 0.3) is 5.56 Å². The van der Waals surface area contributed by atoms with Crippen molar-refractivity contribution in [1.29, 1.82) is 0 Å². The summed E-state index contributed by atoms with van der Waals surface area (Å²) in [6, 6.07) is 1.63. The van der Waals surface area contributed by atoms with Crippen LogP contribution in [0.4, 0.5) is 0 Å². The second-order valence-electron chi connectivity index (χ2n) is 3.53. The SMILES string of the molecule is Bc1cn(C)c(=O)cc1C(CC)NSO. The zero-order chi connectivity index (χ0) is 11.4. The van der Waals surface area contributed by atoms with Gasteiger partial charge in [0.05, 0.1) is 12.2 Å². The van der Waals surface area contributed by atoms with Crippen molar-refractivity contribution in [1.82, 2.24) is 9.29 Å². The summed E-state index contributed by atoms with van der Waals surface area (Å²) in [5, 5.41) is 0. The molecule has 2 N–H and O–H groups in total. The first-order valence-electron chi connectivity index (χ1n) is 4.83. The minimum absolute atomic E-state index is 0.00824. The zero-order valence-corrected chi connectivity index (χ0v) is 9.97. The van der Waals surface area contributed by atoms with Gasteiger partial charge in [0.15, 0.2) is 0 Å². The lowest BCUT2D eigenvalue weighted by atomic mass is 9.88. The Morgan fingerprint density at radius 2 is 2.40 bits per heavy atom. The highest BCUT2D eigenvalue weighted by atomic mass is 32.2. The summed E-state index contributed by atoms with van der Waals surface area (Å²) < 4.78 is 13.2. The fourth-order valence-corrected chi connectivity index (χ4v) is 2.00. The Kier molecular flexibility index (Phi) is 4.44. The number of nitrogens with zero attached hydrogens (tertiary/aromatic N) is 1. The summed E-state index contributed by atoms with van der Waals surface area (Å²) in [5.74, 6) is 0. The van der Waals surface area contributed by atoms with Gasteiger partial charge in [0.1, 0.15) is 7.85 Å². The molecule has 0 aliphatic rings. The van der Waals surface area contributed by atoms with Crippen molar-refractivity contribution < 1.29 is 4.55 Å². The van der Waals surface area contributed by atoms with Gasteiger partial charge in [0.2, 0.25) is 0 Å². The van der Waals surface area contributed by atoms with Gasteiger partial charge < -0.3 is 9.12 Å². The minimum Gasteiger partial charge on any atom is -0.319 e. The van der Waals surface area contributed by atoms with Crippen LogP contribution in [0.3, 0.4) is 0 Å². The van der Waals surface area contributed by atoms with Crippen LogP contribution in [-0.4, -0.2) is 17.0 Å². The van der Waals surface area contributed by atoms with Crippen LogP contribution in [0.5, 0.6) is 0 Å². The summed E-state index contributed by atoms with van der Waals surface area (Å²) >= 11 is 0.589. The monoisotopic (exact) mass is 226 g/mol. The third kappa shape index (κ3) is 2.87. The molecule has 4 nitrogen and oxygen atoms in total. The van der Waals surface area contributed by atoms with Gasteiger partial charge in [-0.25, -0.2) is 4.72 Å². The molecule has 0 aliphatic heterocycles. The molecule has 0 aromatic carbocycles. The lowest BCUT2D eigenvalue weighted by Gasteiger charge is -2.17. The predicted octanol–water partition coefficient (Wildman–Crippen LogP) is -0.194. The summed E-state index contributed by atoms with van der Waals surface area (Å²) in [4.78, 5) is 11.5. The van der Waals surface area contributed by atoms with E-state index >= 15 is 0 Å². The first-order chi connectivity index (χ1) is 7.10. The number of hydrogen-bond acceptors (Lipinski definition) is 4. The van der Waals surface area contributed by atoms with Gasteiger partial charge in [-0.1, -0.05) is 12.4 Å². The highest BCUT2D eigenvalue weighted by molar-refractivity contribution is 7.91. The Labute approximate surface area is 94.4 Å². The standard InChI is InChI=1S/C9H15BN2O2S/c1-3-8(11-15-14)6-4-9(13)12(2)5-7(6)10/h4-5,8,11,14H,3,10H2,1-2H3. The molecular weight excluding hydrogens is 211 g/mol. The van der Waals surface area contributed by atoms with Gasteiger partial charge in [-0.05, 0) is 12.0 Å². The molecule has 0 aliphatic carbocycles. The first kappa shape index (κ1) is 12.4. The molecule has 0 spiro atoms. The fraction of sp³-hybridized carbons (Fsp3) is 0.444. The molecule has 0 radical (unpaired) electrons. The van der Waals surface area contributed by atoms with Crippen molar-refractivity contribution in [2.24, 2.45) is 7.05 Å². The van der Waals surface area contributed by atoms with Gasteiger partial charge in [0, 0.05) is 25.4 Å². The van der Waals surface area contributed by atoms with Crippen LogP contribution in [-0.2, 0) is 7.05 Å². The maximum atomic E-state index is 11.5. The minimum atomic E-state index is -0.0289. The molecule has 1 atom stereocenters. The van der Waals surface area contributed by atoms with E-state index in [4.69, 9.17) is 4.55 Å². The largest absolute Gasteiger partial charge is 0.319 e. The second kappa shape index (κ2) is 5.39. The van der Waals surface area contributed by atoms with E-state index in [9.17, 15) is 4.79 Å². The predicted molar refractivity (Wildman–Crippen MR) is 66.2 cm³/mol. The van der Waals surface area contributed by atoms with Crippen LogP contribution in [0, 0.1) is 0 Å². The molecule has 0 amide bonds. The van der Waals surface area contributed by atoms with Crippen LogP contribution in [0.15, 0.2) is 17.1 Å². The first-order valence-corrected chi connectivity index (χ1v) is 5.60. The van der Waals surface area contributed by atoms with E-state index in [1.54, 1.807) is 17.7 Å². The third-order valence-electron chi connectivity index (χ3n) is 2.45. The Hall–Kier alpha value is -0.715. The maximum Gasteiger partial charge on any atom is 0.250 e. The van der Waals surface area contributed by atoms with Crippen LogP contribution in [0.25, 0.3) is 0 Å². The number of aryl methyl sites for hydroxylation is 1. The Balaban J connectivity index is 3.12. The lowest BCUT2D eigenvalue weighted by Crippen LogP contribution is -2.29. The molecule has 6 heteroatoms. The Morgan fingerprint density at radius 3 is 2.93 bits per heavy atom. The normalized spacial score (nSPS) is 12.7. The lowest BCUT2D eigenvalue weighted by molar-refractivity contribution is 0.597. The van der Waals surface area contributed by atoms with Crippen molar-refractivity contribution in [3.63, 3.8) is 0 Å². The van der Waals surface area contributed by atoms with Gasteiger partial charge >= 0.3 is 0 Å². The highest BCUT2D eigenvalue weighted by Crippen LogP contribution is 2.14. The Bertz CT molecular complexity index is 394. The molecule has 1 aromatic heterocycles. The summed E-state index contributed by atoms with van der Waals surface area (Å²) in [5.41, 5.74) is 1.96. The van der Waals surface area contributed by atoms with E-state index in [0.717, 1.165) is 17.4 Å². The smallest absolute Gasteiger partial charge is 0.250 e. The Morgan fingerprint density at radius 1 is 1.73 bits per heavy atom. The van der Waals surface area contributed by atoms with Gasteiger partial charge in [-0.3, -0.25) is 4.79 Å². The molecule has 1 aromatic rings. The zero-order valence-electron chi connectivity index (χ0n) is 9.15. The molecular formula is C9H15BN2O2S. The van der Waals surface area contributed by atoms with E-state index < -0.39 is 0 Å². The van der Waals surface area contributed by atoms with Crippen LogP contribution in [0.1, 0.15) is 24.9 Å². The average molecular weight is 226 g/mol. The molecule has 15 heavy (non-hydrogen) atoms.